The lowest BCUT2D eigenvalue weighted by Gasteiger charge is -2.33. The first-order chi connectivity index (χ1) is 13.9. The van der Waals surface area contributed by atoms with Gasteiger partial charge in [0.2, 0.25) is 15.9 Å². The summed E-state index contributed by atoms with van der Waals surface area (Å²) in [5.41, 5.74) is 1.42. The van der Waals surface area contributed by atoms with Crippen molar-refractivity contribution in [3.05, 3.63) is 60.2 Å². The number of piperazine rings is 1. The van der Waals surface area contributed by atoms with Gasteiger partial charge in [-0.1, -0.05) is 30.3 Å². The minimum Gasteiger partial charge on any atom is -0.445 e. The first-order valence-electron chi connectivity index (χ1n) is 9.20. The van der Waals surface area contributed by atoms with Crippen molar-refractivity contribution in [2.24, 2.45) is 0 Å². The van der Waals surface area contributed by atoms with Crippen molar-refractivity contribution < 1.29 is 22.7 Å². The van der Waals surface area contributed by atoms with E-state index in [4.69, 9.17) is 4.74 Å². The van der Waals surface area contributed by atoms with E-state index in [1.165, 1.54) is 28.3 Å². The molecule has 0 atom stereocenters. The fraction of sp³-hybridized carbons (Fsp3) is 0.300. The Morgan fingerprint density at radius 3 is 2.17 bits per heavy atom. The molecule has 0 bridgehead atoms. The molecule has 154 valence electrons. The summed E-state index contributed by atoms with van der Waals surface area (Å²) in [6.45, 7) is 2.47. The monoisotopic (exact) mass is 417 g/mol. The Kier molecular flexibility index (Phi) is 6.50. The number of nitrogens with one attached hydrogen (secondary N) is 1. The van der Waals surface area contributed by atoms with E-state index in [0.29, 0.717) is 5.69 Å². The van der Waals surface area contributed by atoms with Gasteiger partial charge in [0.1, 0.15) is 6.61 Å². The van der Waals surface area contributed by atoms with Crippen LogP contribution >= 0.6 is 0 Å². The highest BCUT2D eigenvalue weighted by Gasteiger charge is 2.30. The summed E-state index contributed by atoms with van der Waals surface area (Å²) in [6, 6.07) is 15.4. The van der Waals surface area contributed by atoms with Crippen molar-refractivity contribution >= 4 is 27.7 Å². The van der Waals surface area contributed by atoms with E-state index in [0.717, 1.165) is 5.56 Å². The average Bonchev–Trinajstić information content (AvgIpc) is 2.73. The first kappa shape index (κ1) is 20.8. The molecular weight excluding hydrogens is 394 g/mol. The van der Waals surface area contributed by atoms with Crippen LogP contribution in [-0.4, -0.2) is 55.8 Å². The van der Waals surface area contributed by atoms with Crippen LogP contribution in [0.3, 0.4) is 0 Å². The SMILES string of the molecule is CC(=O)Nc1ccc(S(=O)(=O)N2CCN(C(=O)OCc3ccccc3)CC2)cc1. The summed E-state index contributed by atoms with van der Waals surface area (Å²) in [7, 11) is -3.67. The van der Waals surface area contributed by atoms with Gasteiger partial charge in [-0.2, -0.15) is 4.31 Å². The quantitative estimate of drug-likeness (QED) is 0.805. The third kappa shape index (κ3) is 5.33. The second-order valence-electron chi connectivity index (χ2n) is 6.64. The smallest absolute Gasteiger partial charge is 0.410 e. The molecule has 0 unspecified atom stereocenters. The number of hydrogen-bond acceptors (Lipinski definition) is 5. The molecule has 8 nitrogen and oxygen atoms in total. The van der Waals surface area contributed by atoms with Crippen molar-refractivity contribution in [3.8, 4) is 0 Å². The third-order valence-electron chi connectivity index (χ3n) is 4.51. The van der Waals surface area contributed by atoms with Crippen LogP contribution in [0.5, 0.6) is 0 Å². The zero-order chi connectivity index (χ0) is 20.9. The highest BCUT2D eigenvalue weighted by molar-refractivity contribution is 7.89. The number of benzene rings is 2. The molecule has 0 aromatic heterocycles. The van der Waals surface area contributed by atoms with Gasteiger partial charge in [0, 0.05) is 38.8 Å². The van der Waals surface area contributed by atoms with Crippen LogP contribution in [0.15, 0.2) is 59.5 Å². The largest absolute Gasteiger partial charge is 0.445 e. The molecule has 3 rings (SSSR count). The molecule has 0 saturated carbocycles. The molecule has 2 aromatic rings. The van der Waals surface area contributed by atoms with Crippen molar-refractivity contribution in [2.45, 2.75) is 18.4 Å². The maximum absolute atomic E-state index is 12.8. The lowest BCUT2D eigenvalue weighted by atomic mass is 10.2. The number of sulfonamides is 1. The van der Waals surface area contributed by atoms with Crippen molar-refractivity contribution in [2.75, 3.05) is 31.5 Å². The van der Waals surface area contributed by atoms with Crippen LogP contribution in [0.1, 0.15) is 12.5 Å². The zero-order valence-electron chi connectivity index (χ0n) is 16.1. The number of hydrogen-bond donors (Lipinski definition) is 1. The van der Waals surface area contributed by atoms with E-state index in [9.17, 15) is 18.0 Å². The number of ether oxygens (including phenoxy) is 1. The number of anilines is 1. The lowest BCUT2D eigenvalue weighted by Crippen LogP contribution is -2.50. The highest BCUT2D eigenvalue weighted by atomic mass is 32.2. The predicted octanol–water partition coefficient (Wildman–Crippen LogP) is 2.29. The molecule has 1 aliphatic heterocycles. The maximum Gasteiger partial charge on any atom is 0.410 e. The molecule has 0 radical (unpaired) electrons. The Hall–Kier alpha value is -2.91. The molecular formula is C20H23N3O5S. The van der Waals surface area contributed by atoms with Gasteiger partial charge in [-0.25, -0.2) is 13.2 Å². The molecule has 29 heavy (non-hydrogen) atoms. The Labute approximate surface area is 170 Å². The normalized spacial score (nSPS) is 15.0. The number of amides is 2. The minimum atomic E-state index is -3.67. The molecule has 2 aromatic carbocycles. The maximum atomic E-state index is 12.8. The molecule has 0 spiro atoms. The minimum absolute atomic E-state index is 0.145. The molecule has 1 heterocycles. The van der Waals surface area contributed by atoms with Gasteiger partial charge in [0.15, 0.2) is 0 Å². The van der Waals surface area contributed by atoms with Crippen LogP contribution in [0, 0.1) is 0 Å². The molecule has 9 heteroatoms. The van der Waals surface area contributed by atoms with Crippen LogP contribution in [0.25, 0.3) is 0 Å². The summed E-state index contributed by atoms with van der Waals surface area (Å²) in [4.78, 5) is 25.0. The Morgan fingerprint density at radius 2 is 1.59 bits per heavy atom. The van der Waals surface area contributed by atoms with E-state index in [-0.39, 0.29) is 43.6 Å². The average molecular weight is 417 g/mol. The predicted molar refractivity (Wildman–Crippen MR) is 108 cm³/mol. The van der Waals surface area contributed by atoms with E-state index in [1.807, 2.05) is 30.3 Å². The third-order valence-corrected chi connectivity index (χ3v) is 6.43. The lowest BCUT2D eigenvalue weighted by molar-refractivity contribution is -0.114. The molecule has 1 aliphatic rings. The van der Waals surface area contributed by atoms with Crippen LogP contribution in [0.2, 0.25) is 0 Å². The second-order valence-corrected chi connectivity index (χ2v) is 8.57. The Morgan fingerprint density at radius 1 is 0.966 bits per heavy atom. The van der Waals surface area contributed by atoms with E-state index in [2.05, 4.69) is 5.32 Å². The summed E-state index contributed by atoms with van der Waals surface area (Å²) in [6.07, 6.45) is -0.453. The van der Waals surface area contributed by atoms with E-state index in [1.54, 1.807) is 12.1 Å². The summed E-state index contributed by atoms with van der Waals surface area (Å²) in [5, 5.41) is 2.60. The van der Waals surface area contributed by atoms with Crippen molar-refractivity contribution in [3.63, 3.8) is 0 Å². The standard InChI is InChI=1S/C20H23N3O5S/c1-16(24)21-18-7-9-19(10-8-18)29(26,27)23-13-11-22(12-14-23)20(25)28-15-17-5-3-2-4-6-17/h2-10H,11-15H2,1H3,(H,21,24). The Bertz CT molecular complexity index is 953. The van der Waals surface area contributed by atoms with Gasteiger partial charge in [-0.3, -0.25) is 4.79 Å². The fourth-order valence-electron chi connectivity index (χ4n) is 2.98. The van der Waals surface area contributed by atoms with E-state index >= 15 is 0 Å². The number of rotatable bonds is 5. The van der Waals surface area contributed by atoms with E-state index < -0.39 is 16.1 Å². The topological polar surface area (TPSA) is 96.0 Å². The molecule has 1 saturated heterocycles. The second kappa shape index (κ2) is 9.06. The van der Waals surface area contributed by atoms with Crippen molar-refractivity contribution in [1.82, 2.24) is 9.21 Å². The highest BCUT2D eigenvalue weighted by Crippen LogP contribution is 2.20. The van der Waals surface area contributed by atoms with Crippen LogP contribution < -0.4 is 5.32 Å². The molecule has 2 amide bonds. The molecule has 0 aliphatic carbocycles. The summed E-state index contributed by atoms with van der Waals surface area (Å²) in [5.74, 6) is -0.226. The molecule has 1 N–H and O–H groups in total. The first-order valence-corrected chi connectivity index (χ1v) is 10.6. The van der Waals surface area contributed by atoms with Gasteiger partial charge in [-0.05, 0) is 29.8 Å². The molecule has 1 fully saturated rings. The fourth-order valence-corrected chi connectivity index (χ4v) is 4.41. The summed E-state index contributed by atoms with van der Waals surface area (Å²) < 4.78 is 32.3. The summed E-state index contributed by atoms with van der Waals surface area (Å²) >= 11 is 0. The number of carbonyl (C=O) groups is 2. The number of carbonyl (C=O) groups excluding carboxylic acids is 2. The van der Waals surface area contributed by atoms with Crippen molar-refractivity contribution in [1.29, 1.82) is 0 Å². The van der Waals surface area contributed by atoms with Gasteiger partial charge in [0.25, 0.3) is 0 Å². The van der Waals surface area contributed by atoms with Gasteiger partial charge >= 0.3 is 6.09 Å². The van der Waals surface area contributed by atoms with Gasteiger partial charge in [-0.15, -0.1) is 0 Å². The van der Waals surface area contributed by atoms with Gasteiger partial charge in [0.05, 0.1) is 4.90 Å². The van der Waals surface area contributed by atoms with Gasteiger partial charge < -0.3 is 15.0 Å². The zero-order valence-corrected chi connectivity index (χ0v) is 16.9. The Balaban J connectivity index is 1.55. The van der Waals surface area contributed by atoms with Crippen LogP contribution in [-0.2, 0) is 26.2 Å². The van der Waals surface area contributed by atoms with Crippen LogP contribution in [0.4, 0.5) is 10.5 Å². The number of nitrogens with zero attached hydrogens (tertiary/aromatic N) is 2.